The minimum Gasteiger partial charge on any atom is -0.398 e. The monoisotopic (exact) mass is 303 g/mol. The molecule has 1 atom stereocenters. The van der Waals surface area contributed by atoms with E-state index in [0.29, 0.717) is 0 Å². The average molecular weight is 303 g/mol. The molecule has 6 heteroatoms. The maximum atomic E-state index is 13.2. The number of aryl methyl sites for hydroxylation is 1. The van der Waals surface area contributed by atoms with Gasteiger partial charge in [-0.05, 0) is 32.3 Å². The summed E-state index contributed by atoms with van der Waals surface area (Å²) >= 11 is 0. The number of Topliss-reactive ketones (excluding diaryl/α,β-unsaturated/α-hetero) is 2. The minimum atomic E-state index is -1.35. The molecule has 114 valence electrons. The third-order valence-corrected chi connectivity index (χ3v) is 4.14. The molecule has 1 heterocycles. The molecule has 2 N–H and O–H groups in total. The second kappa shape index (κ2) is 4.76. The van der Waals surface area contributed by atoms with Crippen molar-refractivity contribution in [2.24, 2.45) is 0 Å². The highest BCUT2D eigenvalue weighted by molar-refractivity contribution is 6.05. The molecule has 1 aromatic heterocycles. The predicted octanol–water partition coefficient (Wildman–Crippen LogP) is 1.32. The molecule has 3 rings (SSSR count). The van der Waals surface area contributed by atoms with Crippen LogP contribution in [-0.4, -0.2) is 21.1 Å². The van der Waals surface area contributed by atoms with Crippen LogP contribution in [0.5, 0.6) is 0 Å². The summed E-state index contributed by atoms with van der Waals surface area (Å²) < 4.78 is 32.4. The maximum absolute atomic E-state index is 13.2. The Labute approximate surface area is 132 Å². The van der Waals surface area contributed by atoms with Gasteiger partial charge in [0, 0.05) is 13.5 Å². The quantitative estimate of drug-likeness (QED) is 0.633. The van der Waals surface area contributed by atoms with Crippen molar-refractivity contribution >= 4 is 28.2 Å². The molecule has 0 bridgehead atoms. The van der Waals surface area contributed by atoms with Crippen molar-refractivity contribution in [3.8, 4) is 0 Å². The fourth-order valence-corrected chi connectivity index (χ4v) is 2.84. The Bertz CT molecular complexity index is 1030. The van der Waals surface area contributed by atoms with Crippen LogP contribution >= 0.6 is 0 Å². The zero-order valence-electron chi connectivity index (χ0n) is 16.0. The summed E-state index contributed by atoms with van der Waals surface area (Å²) in [7, 11) is 0. The lowest BCUT2D eigenvalue weighted by molar-refractivity contribution is -0.136. The number of ketones is 2. The van der Waals surface area contributed by atoms with Crippen molar-refractivity contribution in [1.82, 2.24) is 9.55 Å². The third kappa shape index (κ3) is 1.94. The lowest BCUT2D eigenvalue weighted by Gasteiger charge is -2.34. The summed E-state index contributed by atoms with van der Waals surface area (Å²) in [6.07, 6.45) is -0.0751. The second-order valence-corrected chi connectivity index (χ2v) is 5.59. The number of anilines is 1. The Kier molecular flexibility index (Phi) is 2.22. The van der Waals surface area contributed by atoms with E-state index in [1.165, 1.54) is 6.92 Å². The molecule has 1 unspecified atom stereocenters. The highest BCUT2D eigenvalue weighted by Crippen LogP contribution is 2.30. The Balaban J connectivity index is 2.44. The molecule has 0 spiro atoms. The van der Waals surface area contributed by atoms with Crippen LogP contribution in [0.1, 0.15) is 37.5 Å². The van der Waals surface area contributed by atoms with Gasteiger partial charge >= 0.3 is 0 Å². The third-order valence-electron chi connectivity index (χ3n) is 4.14. The first-order chi connectivity index (χ1) is 12.1. The minimum absolute atomic E-state index is 0.0438. The summed E-state index contributed by atoms with van der Waals surface area (Å²) in [5, 5.41) is -0.209. The van der Waals surface area contributed by atoms with Crippen LogP contribution in [-0.2, 0) is 15.1 Å². The molecule has 1 saturated carbocycles. The van der Waals surface area contributed by atoms with E-state index in [2.05, 4.69) is 4.98 Å². The number of nitrogens with zero attached hydrogens (tertiary/aromatic N) is 2. The molecular weight excluding hydrogens is 282 g/mol. The van der Waals surface area contributed by atoms with Gasteiger partial charge in [-0.15, -0.1) is 0 Å². The Morgan fingerprint density at radius 3 is 2.86 bits per heavy atom. The summed E-state index contributed by atoms with van der Waals surface area (Å²) in [5.41, 5.74) is 3.32. The molecule has 0 aliphatic heterocycles. The first-order valence-electron chi connectivity index (χ1n) is 8.99. The van der Waals surface area contributed by atoms with E-state index in [4.69, 9.17) is 11.2 Å². The van der Waals surface area contributed by atoms with Crippen LogP contribution in [0.3, 0.4) is 0 Å². The van der Waals surface area contributed by atoms with Gasteiger partial charge in [0.15, 0.2) is 5.78 Å². The van der Waals surface area contributed by atoms with E-state index >= 15 is 0 Å². The van der Waals surface area contributed by atoms with Crippen molar-refractivity contribution < 1.29 is 15.1 Å². The van der Waals surface area contributed by atoms with Gasteiger partial charge in [0.05, 0.1) is 21.4 Å². The van der Waals surface area contributed by atoms with Gasteiger partial charge < -0.3 is 5.73 Å². The van der Waals surface area contributed by atoms with E-state index in [-0.39, 0.29) is 47.5 Å². The average Bonchev–Trinajstić information content (AvgIpc) is 2.60. The number of nitrogens with two attached hydrogens (primary N) is 1. The Morgan fingerprint density at radius 1 is 1.41 bits per heavy atom. The number of hydrogen-bond donors (Lipinski definition) is 1. The summed E-state index contributed by atoms with van der Waals surface area (Å²) in [5.74, 6) is -0.695. The van der Waals surface area contributed by atoms with Gasteiger partial charge in [0.2, 0.25) is 0 Å². The highest BCUT2D eigenvalue weighted by atomic mass is 16.2. The van der Waals surface area contributed by atoms with Gasteiger partial charge in [0.25, 0.3) is 5.56 Å². The first-order valence-corrected chi connectivity index (χ1v) is 6.79. The number of benzene rings is 1. The molecule has 0 radical (unpaired) electrons. The number of nitrogen functional groups attached to an aromatic ring is 1. The number of hydrogen-bond acceptors (Lipinski definition) is 5. The van der Waals surface area contributed by atoms with Crippen molar-refractivity contribution in [2.75, 3.05) is 5.73 Å². The molecule has 1 aliphatic rings. The zero-order valence-corrected chi connectivity index (χ0v) is 12.0. The van der Waals surface area contributed by atoms with Crippen molar-refractivity contribution in [3.05, 3.63) is 34.3 Å². The van der Waals surface area contributed by atoms with Crippen LogP contribution in [0.25, 0.3) is 10.9 Å². The SMILES string of the molecule is [2H]Cc1nc2c([2H])c([2H])c([2H])c(N)c2c(=O)n1C1(C)CCC(=O)CC1=O. The Morgan fingerprint density at radius 2 is 2.18 bits per heavy atom. The van der Waals surface area contributed by atoms with Gasteiger partial charge in [-0.3, -0.25) is 19.0 Å². The van der Waals surface area contributed by atoms with Gasteiger partial charge in [0.1, 0.15) is 17.1 Å². The van der Waals surface area contributed by atoms with Gasteiger partial charge in [-0.1, -0.05) is 6.04 Å². The molecule has 1 aliphatic carbocycles. The molecule has 22 heavy (non-hydrogen) atoms. The van der Waals surface area contributed by atoms with E-state index in [1.807, 2.05) is 0 Å². The van der Waals surface area contributed by atoms with E-state index < -0.39 is 41.9 Å². The summed E-state index contributed by atoms with van der Waals surface area (Å²) in [4.78, 5) is 41.5. The number of carbonyl (C=O) groups is 2. The normalized spacial score (nSPS) is 24.8. The van der Waals surface area contributed by atoms with E-state index in [9.17, 15) is 14.4 Å². The van der Waals surface area contributed by atoms with Gasteiger partial charge in [-0.2, -0.15) is 0 Å². The molecule has 0 amide bonds. The molecule has 1 fully saturated rings. The predicted molar refractivity (Wildman–Crippen MR) is 82.7 cm³/mol. The topological polar surface area (TPSA) is 95.0 Å². The van der Waals surface area contributed by atoms with Gasteiger partial charge in [-0.25, -0.2) is 4.98 Å². The van der Waals surface area contributed by atoms with Crippen molar-refractivity contribution in [2.45, 2.75) is 38.6 Å². The van der Waals surface area contributed by atoms with Crippen molar-refractivity contribution in [1.29, 1.82) is 0 Å². The fourth-order valence-electron chi connectivity index (χ4n) is 2.84. The van der Waals surface area contributed by atoms with Crippen LogP contribution < -0.4 is 11.3 Å². The summed E-state index contributed by atoms with van der Waals surface area (Å²) in [6.45, 7) is 1.09. The standard InChI is InChI=1S/C16H17N3O3/c1-9-18-12-5-3-4-11(17)14(12)15(22)19(9)16(2)7-6-10(20)8-13(16)21/h3-5H,6-8,17H2,1-2H3/i1D,3D,4D,5D. The largest absolute Gasteiger partial charge is 0.398 e. The zero-order chi connectivity index (χ0) is 19.4. The van der Waals surface area contributed by atoms with E-state index in [0.717, 1.165) is 4.57 Å². The Hall–Kier alpha value is -2.50. The first kappa shape index (κ1) is 10.3. The maximum Gasteiger partial charge on any atom is 0.264 e. The number of fused-ring (bicyclic) bond motifs is 1. The number of rotatable bonds is 1. The highest BCUT2D eigenvalue weighted by Gasteiger charge is 2.41. The van der Waals surface area contributed by atoms with Crippen LogP contribution in [0.15, 0.2) is 22.9 Å². The molecule has 2 aromatic rings. The fraction of sp³-hybridized carbons (Fsp3) is 0.375. The molecular formula is C16H17N3O3. The molecule has 6 nitrogen and oxygen atoms in total. The second-order valence-electron chi connectivity index (χ2n) is 5.59. The van der Waals surface area contributed by atoms with Crippen LogP contribution in [0, 0.1) is 6.90 Å². The van der Waals surface area contributed by atoms with Crippen LogP contribution in [0.4, 0.5) is 5.69 Å². The number of carbonyl (C=O) groups excluding carboxylic acids is 2. The molecule has 1 aromatic carbocycles. The summed E-state index contributed by atoms with van der Waals surface area (Å²) in [6, 6.07) is -1.34. The van der Waals surface area contributed by atoms with E-state index in [1.54, 1.807) is 0 Å². The smallest absolute Gasteiger partial charge is 0.264 e. The lowest BCUT2D eigenvalue weighted by Crippen LogP contribution is -2.49. The molecule has 0 saturated heterocycles. The van der Waals surface area contributed by atoms with Crippen LogP contribution in [0.2, 0.25) is 0 Å². The van der Waals surface area contributed by atoms with Crippen molar-refractivity contribution in [3.63, 3.8) is 0 Å². The number of aromatic nitrogens is 2. The lowest BCUT2D eigenvalue weighted by atomic mass is 9.81.